The molecule has 0 saturated heterocycles. The van der Waals surface area contributed by atoms with E-state index in [9.17, 15) is 18.0 Å². The molecule has 0 aliphatic heterocycles. The Morgan fingerprint density at radius 2 is 2.00 bits per heavy atom. The van der Waals surface area contributed by atoms with Crippen molar-refractivity contribution in [3.05, 3.63) is 51.9 Å². The first-order chi connectivity index (χ1) is 9.81. The molecular weight excluding hydrogens is 353 g/mol. The van der Waals surface area contributed by atoms with Gasteiger partial charge in [-0.05, 0) is 30.3 Å². The summed E-state index contributed by atoms with van der Waals surface area (Å²) in [5.74, 6) is -0.513. The zero-order valence-corrected chi connectivity index (χ0v) is 12.1. The fraction of sp³-hybridized carbons (Fsp3) is 0.154. The van der Waals surface area contributed by atoms with Crippen LogP contribution in [0.25, 0.3) is 0 Å². The van der Waals surface area contributed by atoms with E-state index >= 15 is 0 Å². The zero-order chi connectivity index (χ0) is 15.6. The Hall–Kier alpha value is -1.80. The Bertz CT molecular complexity index is 668. The number of hydrogen-bond acceptors (Lipinski definition) is 3. The van der Waals surface area contributed by atoms with Crippen LogP contribution in [-0.4, -0.2) is 5.91 Å². The molecular formula is C13H10BrF3N2O2. The van der Waals surface area contributed by atoms with Crippen LogP contribution in [0.1, 0.15) is 21.9 Å². The van der Waals surface area contributed by atoms with Crippen molar-refractivity contribution in [2.45, 2.75) is 12.7 Å². The molecule has 2 aromatic rings. The van der Waals surface area contributed by atoms with E-state index in [-0.39, 0.29) is 22.5 Å². The predicted octanol–water partition coefficient (Wildman–Crippen LogP) is 3.77. The molecule has 2 rings (SSSR count). The summed E-state index contributed by atoms with van der Waals surface area (Å²) >= 11 is 2.97. The lowest BCUT2D eigenvalue weighted by molar-refractivity contribution is -0.136. The van der Waals surface area contributed by atoms with Crippen molar-refractivity contribution in [1.29, 1.82) is 0 Å². The van der Waals surface area contributed by atoms with E-state index in [0.29, 0.717) is 5.76 Å². The van der Waals surface area contributed by atoms with Gasteiger partial charge >= 0.3 is 6.18 Å². The third kappa shape index (κ3) is 3.64. The second-order valence-electron chi connectivity index (χ2n) is 4.11. The molecule has 112 valence electrons. The number of carbonyl (C=O) groups is 1. The van der Waals surface area contributed by atoms with Crippen LogP contribution < -0.4 is 11.1 Å². The number of halogens is 4. The first kappa shape index (κ1) is 15.6. The number of nitrogens with one attached hydrogen (secondary N) is 1. The smallest absolute Gasteiger partial charge is 0.418 e. The number of nitrogens with two attached hydrogens (primary N) is 1. The van der Waals surface area contributed by atoms with Gasteiger partial charge in [-0.3, -0.25) is 4.79 Å². The molecule has 0 aliphatic carbocycles. The van der Waals surface area contributed by atoms with Gasteiger partial charge in [0.2, 0.25) is 0 Å². The normalized spacial score (nSPS) is 11.5. The van der Waals surface area contributed by atoms with Gasteiger partial charge in [0.15, 0.2) is 5.76 Å². The lowest BCUT2D eigenvalue weighted by Gasteiger charge is -2.13. The molecule has 8 heteroatoms. The van der Waals surface area contributed by atoms with Gasteiger partial charge in [-0.1, -0.05) is 15.9 Å². The maximum absolute atomic E-state index is 12.9. The molecule has 1 heterocycles. The van der Waals surface area contributed by atoms with Crippen molar-refractivity contribution in [3.8, 4) is 0 Å². The number of rotatable bonds is 3. The maximum atomic E-state index is 12.9. The first-order valence-corrected chi connectivity index (χ1v) is 6.57. The number of benzene rings is 1. The monoisotopic (exact) mass is 362 g/mol. The standard InChI is InChI=1S/C13H10BrF3N2O2/c14-7-1-3-10(9(5-7)13(15,16)17)19-12(20)11-4-2-8(6-18)21-11/h1-5H,6,18H2,(H,19,20). The second-order valence-corrected chi connectivity index (χ2v) is 5.03. The Kier molecular flexibility index (Phi) is 4.38. The highest BCUT2D eigenvalue weighted by Crippen LogP contribution is 2.36. The summed E-state index contributed by atoms with van der Waals surface area (Å²) in [4.78, 5) is 11.9. The molecule has 0 radical (unpaired) electrons. The number of hydrogen-bond donors (Lipinski definition) is 2. The van der Waals surface area contributed by atoms with E-state index < -0.39 is 17.6 Å². The predicted molar refractivity (Wildman–Crippen MR) is 73.7 cm³/mol. The van der Waals surface area contributed by atoms with Gasteiger partial charge in [-0.15, -0.1) is 0 Å². The molecule has 4 nitrogen and oxygen atoms in total. The zero-order valence-electron chi connectivity index (χ0n) is 10.5. The Morgan fingerprint density at radius 1 is 1.29 bits per heavy atom. The molecule has 0 bridgehead atoms. The van der Waals surface area contributed by atoms with Crippen LogP contribution in [0.3, 0.4) is 0 Å². The Balaban J connectivity index is 2.29. The van der Waals surface area contributed by atoms with Gasteiger partial charge in [0.25, 0.3) is 5.91 Å². The molecule has 0 fully saturated rings. The minimum absolute atomic E-state index is 0.0966. The van der Waals surface area contributed by atoms with Crippen molar-refractivity contribution in [2.24, 2.45) is 5.73 Å². The second kappa shape index (κ2) is 5.90. The van der Waals surface area contributed by atoms with E-state index in [4.69, 9.17) is 10.2 Å². The number of carbonyl (C=O) groups excluding carboxylic acids is 1. The van der Waals surface area contributed by atoms with Crippen LogP contribution in [-0.2, 0) is 12.7 Å². The summed E-state index contributed by atoms with van der Waals surface area (Å²) < 4.78 is 44.1. The summed E-state index contributed by atoms with van der Waals surface area (Å²) in [6, 6.07) is 6.30. The summed E-state index contributed by atoms with van der Waals surface area (Å²) in [6.45, 7) is 0.0966. The van der Waals surface area contributed by atoms with Crippen LogP contribution in [0.5, 0.6) is 0 Å². The fourth-order valence-corrected chi connectivity index (χ4v) is 2.01. The summed E-state index contributed by atoms with van der Waals surface area (Å²) in [6.07, 6.45) is -4.59. The van der Waals surface area contributed by atoms with Crippen molar-refractivity contribution >= 4 is 27.5 Å². The Morgan fingerprint density at radius 3 is 2.57 bits per heavy atom. The van der Waals surface area contributed by atoms with Gasteiger partial charge in [0.1, 0.15) is 5.76 Å². The van der Waals surface area contributed by atoms with E-state index in [1.807, 2.05) is 0 Å². The van der Waals surface area contributed by atoms with Crippen molar-refractivity contribution in [2.75, 3.05) is 5.32 Å². The van der Waals surface area contributed by atoms with Crippen LogP contribution >= 0.6 is 15.9 Å². The van der Waals surface area contributed by atoms with Crippen LogP contribution in [0.15, 0.2) is 39.2 Å². The average Bonchev–Trinajstić information content (AvgIpc) is 2.88. The average molecular weight is 363 g/mol. The van der Waals surface area contributed by atoms with Gasteiger partial charge in [0, 0.05) is 4.47 Å². The molecule has 21 heavy (non-hydrogen) atoms. The van der Waals surface area contributed by atoms with Crippen LogP contribution in [0.4, 0.5) is 18.9 Å². The number of furan rings is 1. The highest BCUT2D eigenvalue weighted by molar-refractivity contribution is 9.10. The highest BCUT2D eigenvalue weighted by Gasteiger charge is 2.34. The molecule has 0 spiro atoms. The van der Waals surface area contributed by atoms with Crippen LogP contribution in [0.2, 0.25) is 0 Å². The van der Waals surface area contributed by atoms with Crippen molar-refractivity contribution in [3.63, 3.8) is 0 Å². The molecule has 3 N–H and O–H groups in total. The lowest BCUT2D eigenvalue weighted by atomic mass is 10.1. The summed E-state index contributed by atoms with van der Waals surface area (Å²) in [5, 5.41) is 2.18. The minimum atomic E-state index is -4.59. The van der Waals surface area contributed by atoms with E-state index in [1.165, 1.54) is 18.2 Å². The molecule has 1 aromatic carbocycles. The van der Waals surface area contributed by atoms with Gasteiger partial charge in [-0.2, -0.15) is 13.2 Å². The maximum Gasteiger partial charge on any atom is 0.418 e. The minimum Gasteiger partial charge on any atom is -0.455 e. The summed E-state index contributed by atoms with van der Waals surface area (Å²) in [7, 11) is 0. The molecule has 1 aromatic heterocycles. The first-order valence-electron chi connectivity index (χ1n) is 5.78. The number of alkyl halides is 3. The van der Waals surface area contributed by atoms with Gasteiger partial charge in [-0.25, -0.2) is 0 Å². The highest BCUT2D eigenvalue weighted by atomic mass is 79.9. The molecule has 0 saturated carbocycles. The third-order valence-electron chi connectivity index (χ3n) is 2.62. The van der Waals surface area contributed by atoms with E-state index in [0.717, 1.165) is 12.1 Å². The quantitative estimate of drug-likeness (QED) is 0.872. The largest absolute Gasteiger partial charge is 0.455 e. The number of amides is 1. The summed E-state index contributed by atoms with van der Waals surface area (Å²) in [5.41, 5.74) is 4.04. The molecule has 0 atom stereocenters. The lowest BCUT2D eigenvalue weighted by Crippen LogP contribution is -2.16. The molecule has 0 aliphatic rings. The van der Waals surface area contributed by atoms with Crippen molar-refractivity contribution in [1.82, 2.24) is 0 Å². The topological polar surface area (TPSA) is 68.3 Å². The van der Waals surface area contributed by atoms with Gasteiger partial charge in [0.05, 0.1) is 17.8 Å². The molecule has 1 amide bonds. The van der Waals surface area contributed by atoms with E-state index in [2.05, 4.69) is 21.2 Å². The van der Waals surface area contributed by atoms with Crippen molar-refractivity contribution < 1.29 is 22.4 Å². The van der Waals surface area contributed by atoms with E-state index in [1.54, 1.807) is 0 Å². The Labute approximate surface area is 126 Å². The van der Waals surface area contributed by atoms with Gasteiger partial charge < -0.3 is 15.5 Å². The third-order valence-corrected chi connectivity index (χ3v) is 3.12. The molecule has 0 unspecified atom stereocenters. The number of anilines is 1. The fourth-order valence-electron chi connectivity index (χ4n) is 1.65. The van der Waals surface area contributed by atoms with Crippen LogP contribution in [0, 0.1) is 0 Å². The SMILES string of the molecule is NCc1ccc(C(=O)Nc2ccc(Br)cc2C(F)(F)F)o1.